The molecular formula is C17H15BrN2O2S2. The summed E-state index contributed by atoms with van der Waals surface area (Å²) in [7, 11) is 0. The lowest BCUT2D eigenvalue weighted by Gasteiger charge is -2.05. The number of amides is 1. The molecule has 0 aliphatic rings. The fourth-order valence-electron chi connectivity index (χ4n) is 2.12. The van der Waals surface area contributed by atoms with E-state index in [0.29, 0.717) is 18.2 Å². The van der Waals surface area contributed by atoms with Gasteiger partial charge in [0, 0.05) is 5.38 Å². The van der Waals surface area contributed by atoms with Gasteiger partial charge in [0.2, 0.25) is 5.91 Å². The summed E-state index contributed by atoms with van der Waals surface area (Å²) in [5.74, 6) is 0.737. The number of nitrogens with zero attached hydrogens (tertiary/aromatic N) is 1. The lowest BCUT2D eigenvalue weighted by atomic mass is 10.1. The summed E-state index contributed by atoms with van der Waals surface area (Å²) >= 11 is 6.49. The van der Waals surface area contributed by atoms with E-state index in [1.165, 1.54) is 11.3 Å². The zero-order chi connectivity index (χ0) is 16.9. The number of anilines is 1. The summed E-state index contributed by atoms with van der Waals surface area (Å²) in [6, 6.07) is 11.6. The summed E-state index contributed by atoms with van der Waals surface area (Å²) in [5.41, 5.74) is 1.82. The van der Waals surface area contributed by atoms with Gasteiger partial charge < -0.3 is 10.1 Å². The Labute approximate surface area is 156 Å². The van der Waals surface area contributed by atoms with Crippen molar-refractivity contribution in [2.75, 3.05) is 11.9 Å². The summed E-state index contributed by atoms with van der Waals surface area (Å²) in [6.07, 6.45) is 0.311. The molecule has 4 nitrogen and oxygen atoms in total. The lowest BCUT2D eigenvalue weighted by Crippen LogP contribution is -2.14. The number of rotatable bonds is 6. The molecule has 1 aromatic carbocycles. The molecule has 0 radical (unpaired) electrons. The van der Waals surface area contributed by atoms with Gasteiger partial charge in [-0.1, -0.05) is 12.1 Å². The number of hydrogen-bond acceptors (Lipinski definition) is 5. The van der Waals surface area contributed by atoms with Crippen LogP contribution in [0.4, 0.5) is 5.13 Å². The molecule has 24 heavy (non-hydrogen) atoms. The van der Waals surface area contributed by atoms with Crippen molar-refractivity contribution in [3.05, 3.63) is 51.1 Å². The van der Waals surface area contributed by atoms with Gasteiger partial charge >= 0.3 is 0 Å². The highest BCUT2D eigenvalue weighted by Gasteiger charge is 2.10. The molecule has 0 saturated heterocycles. The fourth-order valence-corrected chi connectivity index (χ4v) is 4.26. The second kappa shape index (κ2) is 7.92. The maximum atomic E-state index is 12.2. The second-order valence-corrected chi connectivity index (χ2v) is 8.26. The fraction of sp³-hybridized carbons (Fsp3) is 0.176. The van der Waals surface area contributed by atoms with Crippen molar-refractivity contribution in [1.29, 1.82) is 0 Å². The standard InChI is InChI=1S/C17H15BrN2O2S2/c1-2-22-12-5-3-11(4-6-12)9-16(21)20-17-19-13(10-23-17)14-7-8-15(18)24-14/h3-8,10H,2,9H2,1H3,(H,19,20,21). The zero-order valence-corrected chi connectivity index (χ0v) is 16.1. The Morgan fingerprint density at radius 2 is 2.04 bits per heavy atom. The van der Waals surface area contributed by atoms with Crippen LogP contribution in [0.5, 0.6) is 5.75 Å². The topological polar surface area (TPSA) is 51.2 Å². The van der Waals surface area contributed by atoms with E-state index in [9.17, 15) is 4.79 Å². The van der Waals surface area contributed by atoms with Gasteiger partial charge in [-0.15, -0.1) is 22.7 Å². The molecule has 0 saturated carbocycles. The molecule has 2 heterocycles. The number of benzene rings is 1. The van der Waals surface area contributed by atoms with E-state index >= 15 is 0 Å². The van der Waals surface area contributed by atoms with Crippen LogP contribution in [0.2, 0.25) is 0 Å². The number of halogens is 1. The van der Waals surface area contributed by atoms with Crippen LogP contribution < -0.4 is 10.1 Å². The second-order valence-electron chi connectivity index (χ2n) is 4.94. The lowest BCUT2D eigenvalue weighted by molar-refractivity contribution is -0.115. The molecular weight excluding hydrogens is 408 g/mol. The van der Waals surface area contributed by atoms with Gasteiger partial charge in [0.15, 0.2) is 5.13 Å². The summed E-state index contributed by atoms with van der Waals surface area (Å²) in [6.45, 7) is 2.57. The predicted octanol–water partition coefficient (Wildman–Crippen LogP) is 5.21. The van der Waals surface area contributed by atoms with E-state index in [-0.39, 0.29) is 5.91 Å². The third kappa shape index (κ3) is 4.43. The van der Waals surface area contributed by atoms with Crippen molar-refractivity contribution in [1.82, 2.24) is 4.98 Å². The largest absolute Gasteiger partial charge is 0.494 e. The van der Waals surface area contributed by atoms with Crippen molar-refractivity contribution in [3.8, 4) is 16.3 Å². The van der Waals surface area contributed by atoms with Crippen molar-refractivity contribution in [2.45, 2.75) is 13.3 Å². The van der Waals surface area contributed by atoms with E-state index in [0.717, 1.165) is 25.7 Å². The van der Waals surface area contributed by atoms with Gasteiger partial charge in [0.25, 0.3) is 0 Å². The number of ether oxygens (including phenoxy) is 1. The number of aromatic nitrogens is 1. The Morgan fingerprint density at radius 1 is 1.25 bits per heavy atom. The number of hydrogen-bond donors (Lipinski definition) is 1. The molecule has 0 aliphatic carbocycles. The maximum absolute atomic E-state index is 12.2. The van der Waals surface area contributed by atoms with Crippen LogP contribution in [0.25, 0.3) is 10.6 Å². The molecule has 124 valence electrons. The number of carbonyl (C=O) groups is 1. The Bertz CT molecular complexity index is 827. The third-order valence-electron chi connectivity index (χ3n) is 3.18. The molecule has 0 aliphatic heterocycles. The van der Waals surface area contributed by atoms with Crippen LogP contribution in [0.15, 0.2) is 45.6 Å². The van der Waals surface area contributed by atoms with Crippen LogP contribution in [-0.4, -0.2) is 17.5 Å². The average Bonchev–Trinajstić information content (AvgIpc) is 3.18. The highest BCUT2D eigenvalue weighted by Crippen LogP contribution is 2.33. The molecule has 3 aromatic rings. The van der Waals surface area contributed by atoms with E-state index in [2.05, 4.69) is 26.2 Å². The van der Waals surface area contributed by atoms with Crippen LogP contribution in [0.1, 0.15) is 12.5 Å². The van der Waals surface area contributed by atoms with Crippen LogP contribution in [0.3, 0.4) is 0 Å². The van der Waals surface area contributed by atoms with Crippen molar-refractivity contribution < 1.29 is 9.53 Å². The predicted molar refractivity (Wildman–Crippen MR) is 103 cm³/mol. The Balaban J connectivity index is 1.59. The molecule has 0 unspecified atom stereocenters. The summed E-state index contributed by atoms with van der Waals surface area (Å²) in [5, 5.41) is 5.42. The SMILES string of the molecule is CCOc1ccc(CC(=O)Nc2nc(-c3ccc(Br)s3)cs2)cc1. The molecule has 1 amide bonds. The Morgan fingerprint density at radius 3 is 2.71 bits per heavy atom. The van der Waals surface area contributed by atoms with E-state index in [1.54, 1.807) is 11.3 Å². The quantitative estimate of drug-likeness (QED) is 0.592. The minimum Gasteiger partial charge on any atom is -0.494 e. The van der Waals surface area contributed by atoms with Crippen LogP contribution in [0, 0.1) is 0 Å². The van der Waals surface area contributed by atoms with Crippen molar-refractivity contribution in [2.24, 2.45) is 0 Å². The van der Waals surface area contributed by atoms with Crippen LogP contribution in [-0.2, 0) is 11.2 Å². The van der Waals surface area contributed by atoms with Gasteiger partial charge in [0.05, 0.1) is 27.4 Å². The molecule has 0 fully saturated rings. The molecule has 2 aromatic heterocycles. The number of carbonyl (C=O) groups excluding carboxylic acids is 1. The average molecular weight is 423 g/mol. The number of nitrogens with one attached hydrogen (secondary N) is 1. The first kappa shape index (κ1) is 17.1. The minimum absolute atomic E-state index is 0.0765. The van der Waals surface area contributed by atoms with Gasteiger partial charge in [0.1, 0.15) is 5.75 Å². The van der Waals surface area contributed by atoms with Gasteiger partial charge in [-0.25, -0.2) is 4.98 Å². The Kier molecular flexibility index (Phi) is 5.65. The molecule has 1 N–H and O–H groups in total. The first-order valence-electron chi connectivity index (χ1n) is 7.37. The smallest absolute Gasteiger partial charge is 0.230 e. The monoisotopic (exact) mass is 422 g/mol. The minimum atomic E-state index is -0.0765. The van der Waals surface area contributed by atoms with E-state index in [1.807, 2.05) is 48.7 Å². The van der Waals surface area contributed by atoms with E-state index in [4.69, 9.17) is 4.74 Å². The molecule has 3 rings (SSSR count). The van der Waals surface area contributed by atoms with Gasteiger partial charge in [-0.05, 0) is 52.7 Å². The first-order valence-corrected chi connectivity index (χ1v) is 9.86. The molecule has 0 atom stereocenters. The van der Waals surface area contributed by atoms with E-state index < -0.39 is 0 Å². The molecule has 0 spiro atoms. The van der Waals surface area contributed by atoms with Crippen LogP contribution >= 0.6 is 38.6 Å². The molecule has 7 heteroatoms. The number of thiophene rings is 1. The zero-order valence-electron chi connectivity index (χ0n) is 12.9. The normalized spacial score (nSPS) is 10.6. The van der Waals surface area contributed by atoms with Gasteiger partial charge in [-0.2, -0.15) is 0 Å². The summed E-state index contributed by atoms with van der Waals surface area (Å²) < 4.78 is 6.46. The highest BCUT2D eigenvalue weighted by atomic mass is 79.9. The van der Waals surface area contributed by atoms with Crippen molar-refractivity contribution >= 4 is 49.6 Å². The maximum Gasteiger partial charge on any atom is 0.230 e. The van der Waals surface area contributed by atoms with Crippen molar-refractivity contribution in [3.63, 3.8) is 0 Å². The third-order valence-corrected chi connectivity index (χ3v) is 5.58. The molecule has 0 bridgehead atoms. The Hall–Kier alpha value is -1.70. The van der Waals surface area contributed by atoms with Gasteiger partial charge in [-0.3, -0.25) is 4.79 Å². The first-order chi connectivity index (χ1) is 11.6. The number of thiazole rings is 1. The summed E-state index contributed by atoms with van der Waals surface area (Å²) in [4.78, 5) is 17.7. The highest BCUT2D eigenvalue weighted by molar-refractivity contribution is 9.11.